The van der Waals surface area contributed by atoms with Crippen LogP contribution in [0, 0.1) is 25.7 Å². The summed E-state index contributed by atoms with van der Waals surface area (Å²) in [6, 6.07) is 17.7. The Labute approximate surface area is 193 Å². The molecule has 0 aliphatic carbocycles. The molecular weight excluding hydrogens is 388 g/mol. The molecule has 0 saturated heterocycles. The summed E-state index contributed by atoms with van der Waals surface area (Å²) >= 11 is 0. The Morgan fingerprint density at radius 1 is 0.645 bits per heavy atom. The second-order valence-electron chi connectivity index (χ2n) is 10.4. The molecule has 0 nitrogen and oxygen atoms in total. The van der Waals surface area contributed by atoms with Crippen LogP contribution < -0.4 is 10.4 Å². The van der Waals surface area contributed by atoms with Crippen LogP contribution in [0.4, 0.5) is 0 Å². The quantitative estimate of drug-likeness (QED) is 0.295. The first kappa shape index (κ1) is 24.3. The van der Waals surface area contributed by atoms with Gasteiger partial charge >= 0.3 is 0 Å². The Hall–Kier alpha value is -1.34. The Balaban J connectivity index is 2.16. The number of fused-ring (bicyclic) bond motifs is 3. The zero-order chi connectivity index (χ0) is 22.4. The molecule has 2 aromatic rings. The highest BCUT2D eigenvalue weighted by molar-refractivity contribution is 7.05. The van der Waals surface area contributed by atoms with Gasteiger partial charge in [-0.25, -0.2) is 0 Å². The van der Waals surface area contributed by atoms with Gasteiger partial charge in [-0.2, -0.15) is 0 Å². The SMILES string of the molecule is CCCCC(CC)C[Si]1(CC(CC)CCCC)c2cc(C)ccc2-c2ccc(C)cc21. The van der Waals surface area contributed by atoms with Crippen LogP contribution in [0.5, 0.6) is 0 Å². The van der Waals surface area contributed by atoms with E-state index in [1.54, 1.807) is 21.5 Å². The van der Waals surface area contributed by atoms with E-state index in [4.69, 9.17) is 0 Å². The molecule has 0 radical (unpaired) electrons. The molecule has 2 aromatic carbocycles. The fourth-order valence-electron chi connectivity index (χ4n) is 6.12. The molecule has 0 amide bonds. The molecule has 3 rings (SSSR count). The summed E-state index contributed by atoms with van der Waals surface area (Å²) in [5, 5.41) is 3.55. The normalized spacial score (nSPS) is 16.1. The topological polar surface area (TPSA) is 0 Å². The van der Waals surface area contributed by atoms with Gasteiger partial charge in [-0.05, 0) is 59.3 Å². The van der Waals surface area contributed by atoms with E-state index in [1.807, 2.05) is 0 Å². The number of rotatable bonds is 12. The number of hydrogen-bond donors (Lipinski definition) is 0. The third kappa shape index (κ3) is 5.19. The second kappa shape index (κ2) is 11.0. The first-order chi connectivity index (χ1) is 15.0. The smallest absolute Gasteiger partial charge is 0.0654 e. The van der Waals surface area contributed by atoms with Crippen molar-refractivity contribution in [3.63, 3.8) is 0 Å². The van der Waals surface area contributed by atoms with Crippen molar-refractivity contribution in [2.24, 2.45) is 11.8 Å². The summed E-state index contributed by atoms with van der Waals surface area (Å²) in [6.07, 6.45) is 10.9. The van der Waals surface area contributed by atoms with Gasteiger partial charge in [0.15, 0.2) is 0 Å². The first-order valence-electron chi connectivity index (χ1n) is 13.2. The highest BCUT2D eigenvalue weighted by Crippen LogP contribution is 2.40. The van der Waals surface area contributed by atoms with E-state index in [-0.39, 0.29) is 0 Å². The van der Waals surface area contributed by atoms with Gasteiger partial charge < -0.3 is 0 Å². The Morgan fingerprint density at radius 2 is 1.06 bits per heavy atom. The molecule has 170 valence electrons. The van der Waals surface area contributed by atoms with Gasteiger partial charge in [0.05, 0.1) is 0 Å². The average Bonchev–Trinajstić information content (AvgIpc) is 3.02. The lowest BCUT2D eigenvalue weighted by Crippen LogP contribution is -2.57. The lowest BCUT2D eigenvalue weighted by atomic mass is 10.0. The van der Waals surface area contributed by atoms with E-state index in [0.29, 0.717) is 0 Å². The van der Waals surface area contributed by atoms with Crippen LogP contribution in [-0.2, 0) is 0 Å². The average molecular weight is 435 g/mol. The van der Waals surface area contributed by atoms with Gasteiger partial charge in [-0.1, -0.05) is 127 Å². The van der Waals surface area contributed by atoms with Crippen LogP contribution in [0.2, 0.25) is 12.1 Å². The molecule has 2 unspecified atom stereocenters. The summed E-state index contributed by atoms with van der Waals surface area (Å²) in [5.74, 6) is 1.74. The van der Waals surface area contributed by atoms with Gasteiger partial charge in [-0.3, -0.25) is 0 Å². The van der Waals surface area contributed by atoms with Crippen molar-refractivity contribution in [2.75, 3.05) is 0 Å². The maximum absolute atomic E-state index is 2.61. The summed E-state index contributed by atoms with van der Waals surface area (Å²) in [7, 11) is -1.80. The molecule has 1 aliphatic heterocycles. The van der Waals surface area contributed by atoms with E-state index in [2.05, 4.69) is 77.9 Å². The summed E-state index contributed by atoms with van der Waals surface area (Å²) < 4.78 is 0. The van der Waals surface area contributed by atoms with Gasteiger partial charge in [0, 0.05) is 0 Å². The van der Waals surface area contributed by atoms with Gasteiger partial charge in [0.2, 0.25) is 0 Å². The van der Waals surface area contributed by atoms with E-state index in [9.17, 15) is 0 Å². The van der Waals surface area contributed by atoms with E-state index in [1.165, 1.54) is 74.6 Å². The molecule has 2 atom stereocenters. The Bertz CT molecular complexity index is 778. The molecule has 0 fully saturated rings. The lowest BCUT2D eigenvalue weighted by Gasteiger charge is -2.37. The number of benzene rings is 2. The van der Waals surface area contributed by atoms with Crippen molar-refractivity contribution in [2.45, 2.75) is 105 Å². The molecule has 1 aliphatic rings. The number of hydrogen-bond acceptors (Lipinski definition) is 0. The van der Waals surface area contributed by atoms with Crippen molar-refractivity contribution < 1.29 is 0 Å². The van der Waals surface area contributed by atoms with Gasteiger partial charge in [0.25, 0.3) is 0 Å². The minimum atomic E-state index is -1.80. The van der Waals surface area contributed by atoms with Crippen LogP contribution >= 0.6 is 0 Å². The highest BCUT2D eigenvalue weighted by atomic mass is 28.3. The minimum absolute atomic E-state index is 0.870. The van der Waals surface area contributed by atoms with Gasteiger partial charge in [-0.15, -0.1) is 0 Å². The molecule has 0 spiro atoms. The fourth-order valence-corrected chi connectivity index (χ4v) is 12.9. The highest BCUT2D eigenvalue weighted by Gasteiger charge is 2.47. The molecule has 0 saturated carbocycles. The van der Waals surface area contributed by atoms with Crippen molar-refractivity contribution in [3.05, 3.63) is 47.5 Å². The van der Waals surface area contributed by atoms with Crippen molar-refractivity contribution in [1.29, 1.82) is 0 Å². The summed E-state index contributed by atoms with van der Waals surface area (Å²) in [5.41, 5.74) is 6.04. The zero-order valence-corrected chi connectivity index (χ0v) is 22.2. The van der Waals surface area contributed by atoms with Crippen LogP contribution in [0.3, 0.4) is 0 Å². The molecule has 0 bridgehead atoms. The van der Waals surface area contributed by atoms with Crippen molar-refractivity contribution >= 4 is 18.4 Å². The minimum Gasteiger partial charge on any atom is -0.0654 e. The third-order valence-electron chi connectivity index (χ3n) is 8.03. The third-order valence-corrected chi connectivity index (χ3v) is 13.5. The van der Waals surface area contributed by atoms with E-state index >= 15 is 0 Å². The monoisotopic (exact) mass is 434 g/mol. The van der Waals surface area contributed by atoms with Crippen molar-refractivity contribution in [3.8, 4) is 11.1 Å². The largest absolute Gasteiger partial charge is 0.120 e. The predicted molar refractivity (Wildman–Crippen MR) is 143 cm³/mol. The molecular formula is C30H46Si. The molecule has 0 N–H and O–H groups in total. The van der Waals surface area contributed by atoms with E-state index < -0.39 is 8.07 Å². The fraction of sp³-hybridized carbons (Fsp3) is 0.600. The first-order valence-corrected chi connectivity index (χ1v) is 15.6. The molecule has 0 aromatic heterocycles. The molecule has 1 heterocycles. The zero-order valence-electron chi connectivity index (χ0n) is 21.2. The number of unbranched alkanes of at least 4 members (excludes halogenated alkanes) is 2. The maximum Gasteiger partial charge on any atom is 0.120 e. The van der Waals surface area contributed by atoms with Crippen LogP contribution in [0.25, 0.3) is 11.1 Å². The predicted octanol–water partition coefficient (Wildman–Crippen LogP) is 8.28. The van der Waals surface area contributed by atoms with Crippen LogP contribution in [-0.4, -0.2) is 8.07 Å². The Morgan fingerprint density at radius 3 is 1.42 bits per heavy atom. The second-order valence-corrected chi connectivity index (χ2v) is 14.5. The van der Waals surface area contributed by atoms with Crippen LogP contribution in [0.15, 0.2) is 36.4 Å². The van der Waals surface area contributed by atoms with Gasteiger partial charge in [0.1, 0.15) is 8.07 Å². The lowest BCUT2D eigenvalue weighted by molar-refractivity contribution is 0.469. The molecule has 31 heavy (non-hydrogen) atoms. The number of aryl methyl sites for hydroxylation is 2. The van der Waals surface area contributed by atoms with Crippen LogP contribution in [0.1, 0.15) is 90.2 Å². The van der Waals surface area contributed by atoms with Crippen molar-refractivity contribution in [1.82, 2.24) is 0 Å². The maximum atomic E-state index is 2.61. The van der Waals surface area contributed by atoms with E-state index in [0.717, 1.165) is 11.8 Å². The Kier molecular flexibility index (Phi) is 8.62. The molecule has 1 heteroatoms. The standard InChI is InChI=1S/C30H46Si/c1-7-11-13-25(9-3)21-31(22-26(10-4)14-12-8-2)29-19-23(5)15-17-27(29)28-18-16-24(6)20-30(28)31/h15-20,25-26H,7-14,21-22H2,1-6H3. The summed E-state index contributed by atoms with van der Waals surface area (Å²) in [4.78, 5) is 0. The summed E-state index contributed by atoms with van der Waals surface area (Å²) in [6.45, 7) is 14.2.